The van der Waals surface area contributed by atoms with Gasteiger partial charge in [0.1, 0.15) is 0 Å². The van der Waals surface area contributed by atoms with Crippen molar-refractivity contribution in [2.45, 2.75) is 39.2 Å². The van der Waals surface area contributed by atoms with Crippen molar-refractivity contribution in [3.05, 3.63) is 0 Å². The van der Waals surface area contributed by atoms with E-state index < -0.39 is 0 Å². The highest BCUT2D eigenvalue weighted by molar-refractivity contribution is 4.80. The molecule has 0 aliphatic carbocycles. The molecule has 100 valence electrons. The highest BCUT2D eigenvalue weighted by Crippen LogP contribution is 2.23. The molecule has 0 spiro atoms. The molecule has 2 heterocycles. The van der Waals surface area contributed by atoms with Crippen molar-refractivity contribution in [1.82, 2.24) is 10.2 Å². The van der Waals surface area contributed by atoms with E-state index in [1.54, 1.807) is 0 Å². The van der Waals surface area contributed by atoms with Gasteiger partial charge in [0.15, 0.2) is 0 Å². The first-order valence-electron chi connectivity index (χ1n) is 7.33. The summed E-state index contributed by atoms with van der Waals surface area (Å²) in [6, 6.07) is 0.692. The van der Waals surface area contributed by atoms with Gasteiger partial charge < -0.3 is 15.0 Å². The Hall–Kier alpha value is -0.120. The summed E-state index contributed by atoms with van der Waals surface area (Å²) in [5, 5.41) is 3.56. The summed E-state index contributed by atoms with van der Waals surface area (Å²) < 4.78 is 5.45. The smallest absolute Gasteiger partial charge is 0.0507 e. The van der Waals surface area contributed by atoms with Gasteiger partial charge in [0.05, 0.1) is 6.61 Å². The Kier molecular flexibility index (Phi) is 5.26. The topological polar surface area (TPSA) is 24.5 Å². The van der Waals surface area contributed by atoms with Gasteiger partial charge in [0.25, 0.3) is 0 Å². The average molecular weight is 240 g/mol. The summed E-state index contributed by atoms with van der Waals surface area (Å²) in [4.78, 5) is 2.65. The monoisotopic (exact) mass is 240 g/mol. The molecule has 3 heteroatoms. The van der Waals surface area contributed by atoms with Crippen LogP contribution in [0.4, 0.5) is 0 Å². The number of hydrogen-bond donors (Lipinski definition) is 1. The molecule has 2 rings (SSSR count). The zero-order valence-electron chi connectivity index (χ0n) is 11.5. The Morgan fingerprint density at radius 2 is 2.06 bits per heavy atom. The number of nitrogens with one attached hydrogen (secondary N) is 1. The predicted molar refractivity (Wildman–Crippen MR) is 71.2 cm³/mol. The molecular weight excluding hydrogens is 212 g/mol. The summed E-state index contributed by atoms with van der Waals surface area (Å²) >= 11 is 0. The highest BCUT2D eigenvalue weighted by Gasteiger charge is 2.25. The minimum atomic E-state index is 0.692. The second-order valence-corrected chi connectivity index (χ2v) is 5.71. The van der Waals surface area contributed by atoms with Crippen LogP contribution in [0.25, 0.3) is 0 Å². The van der Waals surface area contributed by atoms with Crippen LogP contribution in [0.3, 0.4) is 0 Å². The lowest BCUT2D eigenvalue weighted by Gasteiger charge is -2.36. The van der Waals surface area contributed by atoms with Crippen molar-refractivity contribution in [2.24, 2.45) is 11.8 Å². The van der Waals surface area contributed by atoms with E-state index in [0.29, 0.717) is 6.04 Å². The van der Waals surface area contributed by atoms with Crippen molar-refractivity contribution >= 4 is 0 Å². The molecule has 0 radical (unpaired) electrons. The number of nitrogens with zero attached hydrogens (tertiary/aromatic N) is 1. The summed E-state index contributed by atoms with van der Waals surface area (Å²) in [6.07, 6.45) is 4.00. The Labute approximate surface area is 106 Å². The van der Waals surface area contributed by atoms with Gasteiger partial charge in [0.2, 0.25) is 0 Å². The SMILES string of the molecule is CCNC(C)C1CCN(CC2CCOC2)CC1. The number of rotatable bonds is 5. The van der Waals surface area contributed by atoms with Crippen LogP contribution in [0.2, 0.25) is 0 Å². The Balaban J connectivity index is 1.66. The largest absolute Gasteiger partial charge is 0.381 e. The molecule has 2 unspecified atom stereocenters. The predicted octanol–water partition coefficient (Wildman–Crippen LogP) is 1.73. The zero-order chi connectivity index (χ0) is 12.1. The molecule has 3 nitrogen and oxygen atoms in total. The maximum atomic E-state index is 5.45. The van der Waals surface area contributed by atoms with E-state index in [4.69, 9.17) is 4.74 Å². The molecule has 2 aliphatic heterocycles. The van der Waals surface area contributed by atoms with E-state index in [1.165, 1.54) is 38.9 Å². The lowest BCUT2D eigenvalue weighted by molar-refractivity contribution is 0.131. The summed E-state index contributed by atoms with van der Waals surface area (Å²) in [5.74, 6) is 1.68. The van der Waals surface area contributed by atoms with E-state index in [-0.39, 0.29) is 0 Å². The second-order valence-electron chi connectivity index (χ2n) is 5.71. The van der Waals surface area contributed by atoms with E-state index in [1.807, 2.05) is 0 Å². The van der Waals surface area contributed by atoms with Crippen molar-refractivity contribution in [3.63, 3.8) is 0 Å². The standard InChI is InChI=1S/C14H28N2O/c1-3-15-12(2)14-4-7-16(8-5-14)10-13-6-9-17-11-13/h12-15H,3-11H2,1-2H3. The van der Waals surface area contributed by atoms with Gasteiger partial charge in [-0.2, -0.15) is 0 Å². The fourth-order valence-electron chi connectivity index (χ4n) is 3.22. The van der Waals surface area contributed by atoms with Crippen LogP contribution in [0.1, 0.15) is 33.1 Å². The Bertz CT molecular complexity index is 208. The molecule has 0 aromatic carbocycles. The molecule has 0 aromatic heterocycles. The zero-order valence-corrected chi connectivity index (χ0v) is 11.5. The van der Waals surface area contributed by atoms with Gasteiger partial charge >= 0.3 is 0 Å². The molecule has 1 N–H and O–H groups in total. The van der Waals surface area contributed by atoms with Crippen LogP contribution >= 0.6 is 0 Å². The van der Waals surface area contributed by atoms with Crippen LogP contribution in [0, 0.1) is 11.8 Å². The maximum Gasteiger partial charge on any atom is 0.0507 e. The number of hydrogen-bond acceptors (Lipinski definition) is 3. The van der Waals surface area contributed by atoms with Gasteiger partial charge in [-0.05, 0) is 57.7 Å². The van der Waals surface area contributed by atoms with Gasteiger partial charge in [-0.15, -0.1) is 0 Å². The second kappa shape index (κ2) is 6.72. The fourth-order valence-corrected chi connectivity index (χ4v) is 3.22. The molecule has 0 amide bonds. The quantitative estimate of drug-likeness (QED) is 0.792. The average Bonchev–Trinajstić information content (AvgIpc) is 2.83. The molecule has 0 saturated carbocycles. The lowest BCUT2D eigenvalue weighted by Crippen LogP contribution is -2.43. The minimum absolute atomic E-state index is 0.692. The highest BCUT2D eigenvalue weighted by atomic mass is 16.5. The maximum absolute atomic E-state index is 5.45. The van der Waals surface area contributed by atoms with E-state index in [0.717, 1.165) is 31.6 Å². The Morgan fingerprint density at radius 1 is 1.29 bits per heavy atom. The van der Waals surface area contributed by atoms with Gasteiger partial charge in [-0.25, -0.2) is 0 Å². The van der Waals surface area contributed by atoms with Crippen LogP contribution in [0.5, 0.6) is 0 Å². The third-order valence-corrected chi connectivity index (χ3v) is 4.41. The first-order chi connectivity index (χ1) is 8.29. The molecular formula is C14H28N2O. The first kappa shape index (κ1) is 13.3. The van der Waals surface area contributed by atoms with Crippen LogP contribution < -0.4 is 5.32 Å². The van der Waals surface area contributed by atoms with Gasteiger partial charge in [-0.1, -0.05) is 6.92 Å². The van der Waals surface area contributed by atoms with Crippen molar-refractivity contribution < 1.29 is 4.74 Å². The van der Waals surface area contributed by atoms with Crippen LogP contribution in [0.15, 0.2) is 0 Å². The van der Waals surface area contributed by atoms with Gasteiger partial charge in [0, 0.05) is 19.2 Å². The molecule has 0 aromatic rings. The lowest BCUT2D eigenvalue weighted by atomic mass is 9.90. The summed E-state index contributed by atoms with van der Waals surface area (Å²) in [7, 11) is 0. The van der Waals surface area contributed by atoms with Crippen LogP contribution in [-0.4, -0.2) is 50.3 Å². The van der Waals surface area contributed by atoms with Crippen LogP contribution in [-0.2, 0) is 4.74 Å². The molecule has 0 bridgehead atoms. The minimum Gasteiger partial charge on any atom is -0.381 e. The van der Waals surface area contributed by atoms with E-state index >= 15 is 0 Å². The third-order valence-electron chi connectivity index (χ3n) is 4.41. The molecule has 17 heavy (non-hydrogen) atoms. The molecule has 2 saturated heterocycles. The molecule has 2 fully saturated rings. The number of ether oxygens (including phenoxy) is 1. The molecule has 2 aliphatic rings. The fraction of sp³-hybridized carbons (Fsp3) is 1.00. The van der Waals surface area contributed by atoms with E-state index in [2.05, 4.69) is 24.1 Å². The number of piperidine rings is 1. The summed E-state index contributed by atoms with van der Waals surface area (Å²) in [5.41, 5.74) is 0. The van der Waals surface area contributed by atoms with Crippen molar-refractivity contribution in [2.75, 3.05) is 39.4 Å². The Morgan fingerprint density at radius 3 is 2.65 bits per heavy atom. The number of likely N-dealkylation sites (tertiary alicyclic amines) is 1. The van der Waals surface area contributed by atoms with E-state index in [9.17, 15) is 0 Å². The first-order valence-corrected chi connectivity index (χ1v) is 7.33. The van der Waals surface area contributed by atoms with Crippen molar-refractivity contribution in [3.8, 4) is 0 Å². The van der Waals surface area contributed by atoms with Crippen molar-refractivity contribution in [1.29, 1.82) is 0 Å². The van der Waals surface area contributed by atoms with Gasteiger partial charge in [-0.3, -0.25) is 0 Å². The molecule has 2 atom stereocenters. The normalized spacial score (nSPS) is 29.6. The summed E-state index contributed by atoms with van der Waals surface area (Å²) in [6.45, 7) is 11.5. The third kappa shape index (κ3) is 3.94.